The summed E-state index contributed by atoms with van der Waals surface area (Å²) in [6, 6.07) is 0. The average molecular weight is 158 g/mol. The summed E-state index contributed by atoms with van der Waals surface area (Å²) in [5.74, 6) is 0.685. The molecule has 0 amide bonds. The molecule has 1 aromatic heterocycles. The number of hydrogen-bond acceptors (Lipinski definition) is 4. The highest BCUT2D eigenvalue weighted by Crippen LogP contribution is 2.19. The summed E-state index contributed by atoms with van der Waals surface area (Å²) < 4.78 is 0. The summed E-state index contributed by atoms with van der Waals surface area (Å²) in [7, 11) is 0. The highest BCUT2D eigenvalue weighted by molar-refractivity contribution is 7.80. The Morgan fingerprint density at radius 3 is 3.00 bits per heavy atom. The van der Waals surface area contributed by atoms with Gasteiger partial charge < -0.3 is 0 Å². The van der Waals surface area contributed by atoms with Crippen molar-refractivity contribution in [2.24, 2.45) is 0 Å². The number of aromatic nitrogens is 4. The van der Waals surface area contributed by atoms with Crippen molar-refractivity contribution in [2.75, 3.05) is 0 Å². The first-order chi connectivity index (χ1) is 4.84. The molecule has 0 aromatic carbocycles. The number of hydrogen-bond donors (Lipinski definition) is 2. The number of thiol groups is 1. The molecule has 1 rings (SSSR count). The van der Waals surface area contributed by atoms with Gasteiger partial charge in [0.1, 0.15) is 0 Å². The third-order valence-electron chi connectivity index (χ3n) is 1.22. The van der Waals surface area contributed by atoms with Crippen LogP contribution in [0.3, 0.4) is 0 Å². The zero-order chi connectivity index (χ0) is 7.40. The molecule has 1 N–H and O–H groups in total. The van der Waals surface area contributed by atoms with E-state index >= 15 is 0 Å². The van der Waals surface area contributed by atoms with Crippen LogP contribution in [0.2, 0.25) is 0 Å². The molecule has 4 nitrogen and oxygen atoms in total. The Kier molecular flexibility index (Phi) is 2.68. The molecular weight excluding hydrogens is 148 g/mol. The lowest BCUT2D eigenvalue weighted by Crippen LogP contribution is -1.92. The van der Waals surface area contributed by atoms with E-state index in [1.165, 1.54) is 0 Å². The highest BCUT2D eigenvalue weighted by Gasteiger charge is 2.08. The first-order valence-electron chi connectivity index (χ1n) is 3.26. The van der Waals surface area contributed by atoms with Crippen LogP contribution in [0, 0.1) is 0 Å². The molecule has 0 fully saturated rings. The third-order valence-corrected chi connectivity index (χ3v) is 1.71. The van der Waals surface area contributed by atoms with Crippen molar-refractivity contribution in [1.29, 1.82) is 0 Å². The molecular formula is C5H10N4S. The molecule has 1 unspecified atom stereocenters. The molecule has 5 heteroatoms. The maximum atomic E-state index is 4.28. The normalized spacial score (nSPS) is 13.4. The van der Waals surface area contributed by atoms with Gasteiger partial charge in [-0.3, -0.25) is 0 Å². The molecule has 0 bridgehead atoms. The average Bonchev–Trinajstić information content (AvgIpc) is 2.38. The molecule has 0 aliphatic heterocycles. The van der Waals surface area contributed by atoms with Gasteiger partial charge in [0.25, 0.3) is 0 Å². The number of tetrazole rings is 1. The molecule has 10 heavy (non-hydrogen) atoms. The molecule has 1 atom stereocenters. The van der Waals surface area contributed by atoms with E-state index in [0.29, 0.717) is 5.82 Å². The smallest absolute Gasteiger partial charge is 0.177 e. The SMILES string of the molecule is CCCC(S)c1nn[nH]n1. The van der Waals surface area contributed by atoms with Crippen molar-refractivity contribution in [3.05, 3.63) is 5.82 Å². The number of nitrogens with zero attached hydrogens (tertiary/aromatic N) is 3. The van der Waals surface area contributed by atoms with Crippen molar-refractivity contribution < 1.29 is 0 Å². The van der Waals surface area contributed by atoms with Gasteiger partial charge in [0.05, 0.1) is 5.25 Å². The molecule has 0 spiro atoms. The summed E-state index contributed by atoms with van der Waals surface area (Å²) in [6.07, 6.45) is 2.07. The Morgan fingerprint density at radius 1 is 1.70 bits per heavy atom. The van der Waals surface area contributed by atoms with E-state index in [4.69, 9.17) is 0 Å². The lowest BCUT2D eigenvalue weighted by atomic mass is 10.2. The molecule has 0 saturated carbocycles. The predicted molar refractivity (Wildman–Crippen MR) is 40.8 cm³/mol. The van der Waals surface area contributed by atoms with Gasteiger partial charge in [-0.05, 0) is 6.42 Å². The Bertz CT molecular complexity index is 174. The Morgan fingerprint density at radius 2 is 2.50 bits per heavy atom. The molecule has 0 aliphatic carbocycles. The van der Waals surface area contributed by atoms with Crippen LogP contribution >= 0.6 is 12.6 Å². The number of H-pyrrole nitrogens is 1. The van der Waals surface area contributed by atoms with Crippen LogP contribution in [-0.4, -0.2) is 20.6 Å². The first-order valence-corrected chi connectivity index (χ1v) is 3.77. The third kappa shape index (κ3) is 1.70. The molecule has 1 heterocycles. The number of nitrogens with one attached hydrogen (secondary N) is 1. The number of aromatic amines is 1. The van der Waals surface area contributed by atoms with Crippen LogP contribution in [0.4, 0.5) is 0 Å². The second-order valence-electron chi connectivity index (χ2n) is 2.07. The molecule has 1 aromatic rings. The highest BCUT2D eigenvalue weighted by atomic mass is 32.1. The zero-order valence-corrected chi connectivity index (χ0v) is 6.67. The van der Waals surface area contributed by atoms with Crippen molar-refractivity contribution in [1.82, 2.24) is 20.6 Å². The second-order valence-corrected chi connectivity index (χ2v) is 2.70. The van der Waals surface area contributed by atoms with Gasteiger partial charge in [-0.2, -0.15) is 17.8 Å². The van der Waals surface area contributed by atoms with Crippen LogP contribution in [0.5, 0.6) is 0 Å². The van der Waals surface area contributed by atoms with Gasteiger partial charge in [-0.15, -0.1) is 10.2 Å². The molecule has 56 valence electrons. The number of rotatable bonds is 3. The van der Waals surface area contributed by atoms with Crippen LogP contribution < -0.4 is 0 Å². The van der Waals surface area contributed by atoms with Gasteiger partial charge >= 0.3 is 0 Å². The minimum atomic E-state index is 0.128. The van der Waals surface area contributed by atoms with Crippen LogP contribution in [0.25, 0.3) is 0 Å². The lowest BCUT2D eigenvalue weighted by Gasteiger charge is -2.00. The Labute approximate surface area is 64.8 Å². The standard InChI is InChI=1S/C5H10N4S/c1-2-3-4(10)5-6-8-9-7-5/h4,10H,2-3H2,1H3,(H,6,7,8,9). The van der Waals surface area contributed by atoms with Gasteiger partial charge in [0.2, 0.25) is 0 Å². The Balaban J connectivity index is 2.50. The van der Waals surface area contributed by atoms with E-state index in [1.54, 1.807) is 0 Å². The largest absolute Gasteiger partial charge is 0.187 e. The maximum Gasteiger partial charge on any atom is 0.187 e. The monoisotopic (exact) mass is 158 g/mol. The minimum absolute atomic E-state index is 0.128. The summed E-state index contributed by atoms with van der Waals surface area (Å²) in [4.78, 5) is 0. The second kappa shape index (κ2) is 3.55. The van der Waals surface area contributed by atoms with Crippen LogP contribution in [0.15, 0.2) is 0 Å². The molecule has 0 aliphatic rings. The van der Waals surface area contributed by atoms with Crippen molar-refractivity contribution >= 4 is 12.6 Å². The molecule has 0 radical (unpaired) electrons. The topological polar surface area (TPSA) is 54.5 Å². The quantitative estimate of drug-likeness (QED) is 0.644. The van der Waals surface area contributed by atoms with Gasteiger partial charge in [-0.1, -0.05) is 18.6 Å². The van der Waals surface area contributed by atoms with E-state index < -0.39 is 0 Å². The van der Waals surface area contributed by atoms with Crippen molar-refractivity contribution in [3.8, 4) is 0 Å². The first kappa shape index (κ1) is 7.53. The van der Waals surface area contributed by atoms with Gasteiger partial charge in [0, 0.05) is 0 Å². The lowest BCUT2D eigenvalue weighted by molar-refractivity contribution is 0.742. The van der Waals surface area contributed by atoms with E-state index in [2.05, 4.69) is 40.2 Å². The van der Waals surface area contributed by atoms with E-state index in [-0.39, 0.29) is 5.25 Å². The van der Waals surface area contributed by atoms with E-state index in [9.17, 15) is 0 Å². The fourth-order valence-corrected chi connectivity index (χ4v) is 1.08. The predicted octanol–water partition coefficient (Wildman–Crippen LogP) is 0.971. The summed E-state index contributed by atoms with van der Waals surface area (Å²) in [6.45, 7) is 2.10. The maximum absolute atomic E-state index is 4.28. The summed E-state index contributed by atoms with van der Waals surface area (Å²) >= 11 is 4.28. The summed E-state index contributed by atoms with van der Waals surface area (Å²) in [5, 5.41) is 13.6. The van der Waals surface area contributed by atoms with Crippen LogP contribution in [-0.2, 0) is 0 Å². The van der Waals surface area contributed by atoms with E-state index in [1.807, 2.05) is 0 Å². The van der Waals surface area contributed by atoms with Gasteiger partial charge in [-0.25, -0.2) is 0 Å². The van der Waals surface area contributed by atoms with E-state index in [0.717, 1.165) is 12.8 Å². The molecule has 0 saturated heterocycles. The van der Waals surface area contributed by atoms with Crippen molar-refractivity contribution in [2.45, 2.75) is 25.0 Å². The minimum Gasteiger partial charge on any atom is -0.177 e. The fourth-order valence-electron chi connectivity index (χ4n) is 0.713. The van der Waals surface area contributed by atoms with Crippen molar-refractivity contribution in [3.63, 3.8) is 0 Å². The van der Waals surface area contributed by atoms with Crippen LogP contribution in [0.1, 0.15) is 30.8 Å². The Hall–Kier alpha value is -0.580. The fraction of sp³-hybridized carbons (Fsp3) is 0.800. The summed E-state index contributed by atoms with van der Waals surface area (Å²) in [5.41, 5.74) is 0. The zero-order valence-electron chi connectivity index (χ0n) is 5.78. The van der Waals surface area contributed by atoms with Gasteiger partial charge in [0.15, 0.2) is 5.82 Å².